The van der Waals surface area contributed by atoms with Crippen LogP contribution in [0.1, 0.15) is 40.5 Å². The molecular weight excluding hydrogens is 744 g/mol. The van der Waals surface area contributed by atoms with Gasteiger partial charge < -0.3 is 20.4 Å². The van der Waals surface area contributed by atoms with E-state index < -0.39 is 0 Å². The summed E-state index contributed by atoms with van der Waals surface area (Å²) in [5.41, 5.74) is 4.19. The van der Waals surface area contributed by atoms with E-state index in [-0.39, 0.29) is 166 Å². The van der Waals surface area contributed by atoms with Gasteiger partial charge in [0.05, 0.1) is 0 Å². The first kappa shape index (κ1) is 35.5. The molecule has 4 aromatic rings. The molecule has 4 radical (unpaired) electrons. The summed E-state index contributed by atoms with van der Waals surface area (Å²) in [6.45, 7) is 0. The molecule has 4 rings (SSSR count). The fourth-order valence-corrected chi connectivity index (χ4v) is 3.99. The van der Waals surface area contributed by atoms with E-state index in [0.29, 0.717) is 6.42 Å². The third-order valence-electron chi connectivity index (χ3n) is 5.65. The summed E-state index contributed by atoms with van der Waals surface area (Å²) in [5, 5.41) is 39.0. The van der Waals surface area contributed by atoms with Crippen LogP contribution in [0.2, 0.25) is 0 Å². The first-order valence-corrected chi connectivity index (χ1v) is 10.2. The molecule has 8 heteroatoms. The van der Waals surface area contributed by atoms with E-state index in [1.165, 1.54) is 0 Å². The molecule has 168 valence electrons. The van der Waals surface area contributed by atoms with Crippen LogP contribution in [0.25, 0.3) is 0 Å². The normalized spacial score (nSPS) is 9.89. The third kappa shape index (κ3) is 9.95. The zero-order valence-corrected chi connectivity index (χ0v) is 30.6. The molecule has 0 saturated carbocycles. The van der Waals surface area contributed by atoms with E-state index in [9.17, 15) is 20.4 Å². The Bertz CT molecular complexity index is 950. The van der Waals surface area contributed by atoms with E-state index in [4.69, 9.17) is 0 Å². The maximum atomic E-state index is 9.75. The number of aromatic hydroxyl groups is 4. The first-order chi connectivity index (χ1) is 15.0. The van der Waals surface area contributed by atoms with Crippen LogP contribution in [-0.4, -0.2) is 20.4 Å². The van der Waals surface area contributed by atoms with E-state index in [2.05, 4.69) is 0 Å². The van der Waals surface area contributed by atoms with Crippen LogP contribution in [0.3, 0.4) is 0 Å². The summed E-state index contributed by atoms with van der Waals surface area (Å²) in [6.07, 6.45) is 0.713. The number of rotatable bonds is 6. The molecule has 0 aliphatic carbocycles. The molecule has 0 aromatic heterocycles. The van der Waals surface area contributed by atoms with Crippen molar-refractivity contribution >= 4 is 0 Å². The summed E-state index contributed by atoms with van der Waals surface area (Å²) in [7, 11) is 0. The van der Waals surface area contributed by atoms with Gasteiger partial charge in [-0.05, 0) is 77.2 Å². The van der Waals surface area contributed by atoms with Crippen molar-refractivity contribution < 1.29 is 151 Å². The fourth-order valence-electron chi connectivity index (χ4n) is 3.99. The van der Waals surface area contributed by atoms with Gasteiger partial charge in [-0.15, -0.1) is 0 Å². The monoisotopic (exact) mass is 768 g/mol. The standard InChI is InChI=1S/C27H24O4.4Y/c28-22-9-1-18(2-10-22)26(19-3-11-23(29)12-4-19)17-27(20-5-13-24(30)14-6-20)21-7-15-25(31)16-8-21;;;;/h1-16,26-31H,17H2;;;;. The fraction of sp³-hybridized carbons (Fsp3) is 0.111. The number of phenols is 4. The van der Waals surface area contributed by atoms with E-state index in [0.717, 1.165) is 22.3 Å². The van der Waals surface area contributed by atoms with Crippen molar-refractivity contribution in [2.75, 3.05) is 0 Å². The predicted molar refractivity (Wildman–Crippen MR) is 121 cm³/mol. The summed E-state index contributed by atoms with van der Waals surface area (Å²) in [5.74, 6) is 0.829. The molecule has 0 aliphatic rings. The summed E-state index contributed by atoms with van der Waals surface area (Å²) < 4.78 is 0. The van der Waals surface area contributed by atoms with Crippen molar-refractivity contribution in [3.63, 3.8) is 0 Å². The van der Waals surface area contributed by atoms with Crippen LogP contribution in [0.4, 0.5) is 0 Å². The van der Waals surface area contributed by atoms with Gasteiger partial charge in [0.2, 0.25) is 0 Å². The maximum Gasteiger partial charge on any atom is 0.115 e. The molecule has 0 heterocycles. The number of benzene rings is 4. The molecule has 4 N–H and O–H groups in total. The zero-order chi connectivity index (χ0) is 21.8. The van der Waals surface area contributed by atoms with Gasteiger partial charge >= 0.3 is 0 Å². The molecule has 0 bridgehead atoms. The molecule has 0 amide bonds. The largest absolute Gasteiger partial charge is 0.508 e. The van der Waals surface area contributed by atoms with Gasteiger partial charge in [0.1, 0.15) is 23.0 Å². The van der Waals surface area contributed by atoms with E-state index in [1.54, 1.807) is 48.5 Å². The Morgan fingerprint density at radius 2 is 0.514 bits per heavy atom. The predicted octanol–water partition coefficient (Wildman–Crippen LogP) is 5.85. The molecule has 0 spiro atoms. The van der Waals surface area contributed by atoms with E-state index in [1.807, 2.05) is 48.5 Å². The molecule has 0 atom stereocenters. The minimum atomic E-state index is -0.00574. The molecule has 0 fully saturated rings. The van der Waals surface area contributed by atoms with Gasteiger partial charge in [-0.3, -0.25) is 0 Å². The molecular formula is C27H24O4Y4. The van der Waals surface area contributed by atoms with Crippen molar-refractivity contribution in [2.45, 2.75) is 18.3 Å². The second-order valence-electron chi connectivity index (χ2n) is 7.71. The summed E-state index contributed by atoms with van der Waals surface area (Å²) in [4.78, 5) is 0. The van der Waals surface area contributed by atoms with Crippen molar-refractivity contribution in [2.24, 2.45) is 0 Å². The van der Waals surface area contributed by atoms with Gasteiger partial charge in [0.15, 0.2) is 0 Å². The van der Waals surface area contributed by atoms with Crippen LogP contribution in [-0.2, 0) is 131 Å². The minimum Gasteiger partial charge on any atom is -0.508 e. The molecule has 0 unspecified atom stereocenters. The number of hydrogen-bond acceptors (Lipinski definition) is 4. The second-order valence-corrected chi connectivity index (χ2v) is 7.71. The molecule has 35 heavy (non-hydrogen) atoms. The van der Waals surface area contributed by atoms with Crippen LogP contribution >= 0.6 is 0 Å². The first-order valence-electron chi connectivity index (χ1n) is 10.2. The Kier molecular flexibility index (Phi) is 17.4. The second kappa shape index (κ2) is 17.2. The van der Waals surface area contributed by atoms with Crippen molar-refractivity contribution in [1.82, 2.24) is 0 Å². The molecule has 0 saturated heterocycles. The van der Waals surface area contributed by atoms with Crippen LogP contribution < -0.4 is 0 Å². The maximum absolute atomic E-state index is 9.75. The van der Waals surface area contributed by atoms with Gasteiger partial charge in [0.25, 0.3) is 0 Å². The molecule has 4 aromatic carbocycles. The van der Waals surface area contributed by atoms with Gasteiger partial charge in [0, 0.05) is 143 Å². The van der Waals surface area contributed by atoms with Crippen molar-refractivity contribution in [3.8, 4) is 23.0 Å². The Labute approximate surface area is 306 Å². The average molecular weight is 768 g/mol. The van der Waals surface area contributed by atoms with Crippen LogP contribution in [0, 0.1) is 0 Å². The summed E-state index contributed by atoms with van der Waals surface area (Å²) >= 11 is 0. The SMILES string of the molecule is Oc1ccc(C(CC(c2ccc(O)cc2)c2ccc(O)cc2)c2ccc(O)cc2)cc1.[Y].[Y].[Y].[Y]. The van der Waals surface area contributed by atoms with Crippen molar-refractivity contribution in [3.05, 3.63) is 119 Å². The van der Waals surface area contributed by atoms with Gasteiger partial charge in [-0.2, -0.15) is 0 Å². The number of hydrogen-bond donors (Lipinski definition) is 4. The van der Waals surface area contributed by atoms with Crippen molar-refractivity contribution in [1.29, 1.82) is 0 Å². The third-order valence-corrected chi connectivity index (χ3v) is 5.65. The Morgan fingerprint density at radius 1 is 0.343 bits per heavy atom. The Hall–Kier alpha value is 0.496. The smallest absolute Gasteiger partial charge is 0.115 e. The summed E-state index contributed by atoms with van der Waals surface area (Å²) in [6, 6.07) is 28.7. The minimum absolute atomic E-state index is 0. The zero-order valence-electron chi connectivity index (χ0n) is 19.2. The topological polar surface area (TPSA) is 80.9 Å². The Morgan fingerprint density at radius 3 is 0.686 bits per heavy atom. The molecule has 0 aliphatic heterocycles. The van der Waals surface area contributed by atoms with Gasteiger partial charge in [-0.1, -0.05) is 48.5 Å². The quantitative estimate of drug-likeness (QED) is 0.199. The molecule has 4 nitrogen and oxygen atoms in total. The van der Waals surface area contributed by atoms with Gasteiger partial charge in [-0.25, -0.2) is 0 Å². The average Bonchev–Trinajstić information content (AvgIpc) is 2.78. The van der Waals surface area contributed by atoms with Crippen LogP contribution in [0.15, 0.2) is 97.1 Å². The van der Waals surface area contributed by atoms with E-state index >= 15 is 0 Å². The number of phenolic OH excluding ortho intramolecular Hbond substituents is 4. The Balaban J connectivity index is 0.00000289. The van der Waals surface area contributed by atoms with Crippen LogP contribution in [0.5, 0.6) is 23.0 Å².